The van der Waals surface area contributed by atoms with Crippen molar-refractivity contribution in [3.63, 3.8) is 0 Å². The highest BCUT2D eigenvalue weighted by atomic mass is 16.6. The smallest absolute Gasteiger partial charge is 0.410 e. The number of hydrogen-bond donors (Lipinski definition) is 0. The van der Waals surface area contributed by atoms with E-state index in [0.717, 1.165) is 19.4 Å². The van der Waals surface area contributed by atoms with Crippen LogP contribution in [0.4, 0.5) is 4.79 Å². The number of amides is 1. The summed E-state index contributed by atoms with van der Waals surface area (Å²) in [6.45, 7) is 11.9. The third-order valence-electron chi connectivity index (χ3n) is 2.12. The first-order valence-electron chi connectivity index (χ1n) is 5.57. The molecular formula is C12H23NO2. The molecule has 0 saturated carbocycles. The van der Waals surface area contributed by atoms with E-state index >= 15 is 0 Å². The van der Waals surface area contributed by atoms with Gasteiger partial charge in [-0.15, -0.1) is 6.58 Å². The van der Waals surface area contributed by atoms with Crippen LogP contribution in [0.15, 0.2) is 12.7 Å². The molecule has 1 saturated heterocycles. The van der Waals surface area contributed by atoms with Crippen molar-refractivity contribution in [3.8, 4) is 0 Å². The summed E-state index contributed by atoms with van der Waals surface area (Å²) in [7, 11) is 0. The van der Waals surface area contributed by atoms with E-state index in [1.165, 1.54) is 0 Å². The van der Waals surface area contributed by atoms with Crippen LogP contribution in [-0.4, -0.2) is 29.7 Å². The Balaban J connectivity index is 0.000000583. The third kappa shape index (κ3) is 5.45. The predicted octanol–water partition coefficient (Wildman–Crippen LogP) is 3.21. The number of allylic oxidation sites excluding steroid dienone is 1. The molecule has 1 unspecified atom stereocenters. The van der Waals surface area contributed by atoms with Gasteiger partial charge < -0.3 is 9.64 Å². The molecule has 1 amide bonds. The highest BCUT2D eigenvalue weighted by molar-refractivity contribution is 5.68. The van der Waals surface area contributed by atoms with Crippen molar-refractivity contribution in [1.82, 2.24) is 4.90 Å². The fourth-order valence-corrected chi connectivity index (χ4v) is 1.47. The van der Waals surface area contributed by atoms with Crippen molar-refractivity contribution < 1.29 is 9.53 Å². The van der Waals surface area contributed by atoms with E-state index in [1.807, 2.05) is 20.8 Å². The van der Waals surface area contributed by atoms with Crippen LogP contribution in [0.2, 0.25) is 0 Å². The first-order chi connectivity index (χ1) is 7.02. The molecule has 1 aliphatic rings. The van der Waals surface area contributed by atoms with Crippen LogP contribution in [0.25, 0.3) is 0 Å². The largest absolute Gasteiger partial charge is 0.447 e. The molecule has 0 aromatic heterocycles. The topological polar surface area (TPSA) is 29.5 Å². The summed E-state index contributed by atoms with van der Waals surface area (Å²) in [6, 6.07) is 0.358. The van der Waals surface area contributed by atoms with Crippen molar-refractivity contribution in [2.24, 2.45) is 0 Å². The zero-order chi connectivity index (χ0) is 11.8. The first kappa shape index (κ1) is 14.0. The Hall–Kier alpha value is -0.990. The molecule has 1 heterocycles. The molecule has 1 rings (SSSR count). The van der Waals surface area contributed by atoms with Crippen molar-refractivity contribution in [2.45, 2.75) is 52.7 Å². The standard InChI is InChI=1S/C9H17NO2.C3H6/c1-7(2)12-9(11)10-6-4-5-8(10)3;1-3-2/h7-8H,4-6H2,1-3H3;3H,1H2,2H3. The van der Waals surface area contributed by atoms with Crippen LogP contribution >= 0.6 is 0 Å². The van der Waals surface area contributed by atoms with Crippen LogP contribution in [0.3, 0.4) is 0 Å². The molecule has 0 N–H and O–H groups in total. The summed E-state index contributed by atoms with van der Waals surface area (Å²) >= 11 is 0. The maximum atomic E-state index is 11.4. The lowest BCUT2D eigenvalue weighted by molar-refractivity contribution is 0.0752. The minimum Gasteiger partial charge on any atom is -0.447 e. The van der Waals surface area contributed by atoms with Gasteiger partial charge in [0.05, 0.1) is 6.10 Å². The fourth-order valence-electron chi connectivity index (χ4n) is 1.47. The molecule has 88 valence electrons. The summed E-state index contributed by atoms with van der Waals surface area (Å²) < 4.78 is 5.09. The Bertz CT molecular complexity index is 202. The van der Waals surface area contributed by atoms with Gasteiger partial charge in [0.2, 0.25) is 0 Å². The Morgan fingerprint density at radius 3 is 2.47 bits per heavy atom. The van der Waals surface area contributed by atoms with Gasteiger partial charge in [-0.2, -0.15) is 0 Å². The molecule has 3 heteroatoms. The molecule has 3 nitrogen and oxygen atoms in total. The number of nitrogens with zero attached hydrogens (tertiary/aromatic N) is 1. The second kappa shape index (κ2) is 7.32. The van der Waals surface area contributed by atoms with E-state index in [9.17, 15) is 4.79 Å². The Morgan fingerprint density at radius 1 is 1.60 bits per heavy atom. The van der Waals surface area contributed by atoms with E-state index in [2.05, 4.69) is 13.5 Å². The normalized spacial score (nSPS) is 19.5. The highest BCUT2D eigenvalue weighted by Gasteiger charge is 2.26. The van der Waals surface area contributed by atoms with E-state index in [-0.39, 0.29) is 12.2 Å². The summed E-state index contributed by atoms with van der Waals surface area (Å²) in [5, 5.41) is 0. The average Bonchev–Trinajstić information content (AvgIpc) is 2.51. The van der Waals surface area contributed by atoms with E-state index in [4.69, 9.17) is 4.74 Å². The minimum absolute atomic E-state index is 0.00898. The van der Waals surface area contributed by atoms with Crippen molar-refractivity contribution in [2.75, 3.05) is 6.54 Å². The molecule has 0 aromatic carbocycles. The van der Waals surface area contributed by atoms with Gasteiger partial charge in [-0.1, -0.05) is 6.08 Å². The van der Waals surface area contributed by atoms with Gasteiger partial charge >= 0.3 is 6.09 Å². The van der Waals surface area contributed by atoms with Crippen molar-refractivity contribution in [1.29, 1.82) is 0 Å². The zero-order valence-corrected chi connectivity index (χ0v) is 10.3. The van der Waals surface area contributed by atoms with Gasteiger partial charge in [-0.3, -0.25) is 0 Å². The van der Waals surface area contributed by atoms with Crippen LogP contribution in [0, 0.1) is 0 Å². The molecule has 0 bridgehead atoms. The van der Waals surface area contributed by atoms with E-state index in [1.54, 1.807) is 11.0 Å². The number of rotatable bonds is 1. The second-order valence-electron chi connectivity index (χ2n) is 4.03. The van der Waals surface area contributed by atoms with Gasteiger partial charge in [0, 0.05) is 12.6 Å². The van der Waals surface area contributed by atoms with Gasteiger partial charge in [-0.25, -0.2) is 4.79 Å². The number of carbonyl (C=O) groups excluding carboxylic acids is 1. The lowest BCUT2D eigenvalue weighted by atomic mass is 10.2. The lowest BCUT2D eigenvalue weighted by Gasteiger charge is -2.21. The number of hydrogen-bond acceptors (Lipinski definition) is 2. The Morgan fingerprint density at radius 2 is 2.13 bits per heavy atom. The van der Waals surface area contributed by atoms with Gasteiger partial charge in [0.15, 0.2) is 0 Å². The maximum absolute atomic E-state index is 11.4. The third-order valence-corrected chi connectivity index (χ3v) is 2.12. The summed E-state index contributed by atoms with van der Waals surface area (Å²) in [5.41, 5.74) is 0. The zero-order valence-electron chi connectivity index (χ0n) is 10.3. The molecule has 1 atom stereocenters. The van der Waals surface area contributed by atoms with Crippen LogP contribution < -0.4 is 0 Å². The highest BCUT2D eigenvalue weighted by Crippen LogP contribution is 2.17. The molecule has 15 heavy (non-hydrogen) atoms. The van der Waals surface area contributed by atoms with Gasteiger partial charge in [-0.05, 0) is 40.5 Å². The number of ether oxygens (including phenoxy) is 1. The van der Waals surface area contributed by atoms with E-state index < -0.39 is 0 Å². The predicted molar refractivity (Wildman–Crippen MR) is 62.9 cm³/mol. The molecule has 0 aliphatic carbocycles. The molecule has 0 aromatic rings. The SMILES string of the molecule is C=CC.CC(C)OC(=O)N1CCCC1C. The van der Waals surface area contributed by atoms with Gasteiger partial charge in [0.25, 0.3) is 0 Å². The van der Waals surface area contributed by atoms with Crippen LogP contribution in [0.5, 0.6) is 0 Å². The molecule has 1 fully saturated rings. The summed E-state index contributed by atoms with van der Waals surface area (Å²) in [4.78, 5) is 13.2. The molecular weight excluding hydrogens is 190 g/mol. The van der Waals surface area contributed by atoms with Crippen LogP contribution in [-0.2, 0) is 4.74 Å². The monoisotopic (exact) mass is 213 g/mol. The maximum Gasteiger partial charge on any atom is 0.410 e. The number of likely N-dealkylation sites (tertiary alicyclic amines) is 1. The summed E-state index contributed by atoms with van der Waals surface area (Å²) in [6.07, 6.45) is 3.79. The molecule has 1 aliphatic heterocycles. The lowest BCUT2D eigenvalue weighted by Crippen LogP contribution is -2.35. The summed E-state index contributed by atoms with van der Waals surface area (Å²) in [5.74, 6) is 0. The minimum atomic E-state index is -0.157. The van der Waals surface area contributed by atoms with Crippen LogP contribution in [0.1, 0.15) is 40.5 Å². The first-order valence-corrected chi connectivity index (χ1v) is 5.57. The fraction of sp³-hybridized carbons (Fsp3) is 0.750. The second-order valence-corrected chi connectivity index (χ2v) is 4.03. The average molecular weight is 213 g/mol. The quantitative estimate of drug-likeness (QED) is 0.626. The van der Waals surface area contributed by atoms with E-state index in [0.29, 0.717) is 6.04 Å². The van der Waals surface area contributed by atoms with Crippen molar-refractivity contribution in [3.05, 3.63) is 12.7 Å². The molecule has 0 spiro atoms. The Kier molecular flexibility index (Phi) is 6.84. The van der Waals surface area contributed by atoms with Gasteiger partial charge in [0.1, 0.15) is 0 Å². The van der Waals surface area contributed by atoms with Crippen molar-refractivity contribution >= 4 is 6.09 Å². The number of carbonyl (C=O) groups is 1. The Labute approximate surface area is 93.1 Å². The molecule has 0 radical (unpaired) electrons.